The Morgan fingerprint density at radius 1 is 1.64 bits per heavy atom. The van der Waals surface area contributed by atoms with E-state index in [2.05, 4.69) is 5.16 Å². The molecule has 2 nitrogen and oxygen atoms in total. The van der Waals surface area contributed by atoms with Gasteiger partial charge in [0.1, 0.15) is 5.76 Å². The lowest BCUT2D eigenvalue weighted by molar-refractivity contribution is 0.379. The largest absolute Gasteiger partial charge is 0.361 e. The molecule has 0 saturated heterocycles. The van der Waals surface area contributed by atoms with Gasteiger partial charge < -0.3 is 4.52 Å². The predicted molar refractivity (Wildman–Crippen MR) is 42.8 cm³/mol. The van der Waals surface area contributed by atoms with E-state index in [1.165, 1.54) is 12.8 Å². The van der Waals surface area contributed by atoms with Gasteiger partial charge in [0.2, 0.25) is 0 Å². The maximum absolute atomic E-state index is 5.75. The Bertz CT molecular complexity index is 265. The number of alkyl halides is 1. The molecule has 2 rings (SSSR count). The van der Waals surface area contributed by atoms with E-state index in [0.717, 1.165) is 17.0 Å². The molecule has 0 atom stereocenters. The molecule has 0 radical (unpaired) electrons. The SMILES string of the molecule is Cc1noc(C2CC2)c1CCl. The molecule has 1 saturated carbocycles. The zero-order chi connectivity index (χ0) is 7.84. The van der Waals surface area contributed by atoms with Gasteiger partial charge in [-0.2, -0.15) is 0 Å². The lowest BCUT2D eigenvalue weighted by atomic mass is 10.2. The quantitative estimate of drug-likeness (QED) is 0.640. The number of halogens is 1. The Hall–Kier alpha value is -0.500. The summed E-state index contributed by atoms with van der Waals surface area (Å²) in [5, 5.41) is 3.89. The van der Waals surface area contributed by atoms with E-state index in [1.54, 1.807) is 0 Å². The standard InChI is InChI=1S/C8H10ClNO/c1-5-7(4-9)8(11-10-5)6-2-3-6/h6H,2-4H2,1H3. The zero-order valence-electron chi connectivity index (χ0n) is 6.43. The second-order valence-corrected chi connectivity index (χ2v) is 3.29. The summed E-state index contributed by atoms with van der Waals surface area (Å²) >= 11 is 5.75. The van der Waals surface area contributed by atoms with Crippen LogP contribution in [0.4, 0.5) is 0 Å². The highest BCUT2D eigenvalue weighted by molar-refractivity contribution is 6.17. The van der Waals surface area contributed by atoms with Crippen molar-refractivity contribution in [3.8, 4) is 0 Å². The molecule has 1 fully saturated rings. The van der Waals surface area contributed by atoms with Crippen LogP contribution in [0.2, 0.25) is 0 Å². The van der Waals surface area contributed by atoms with E-state index in [9.17, 15) is 0 Å². The van der Waals surface area contributed by atoms with E-state index in [-0.39, 0.29) is 0 Å². The lowest BCUT2D eigenvalue weighted by Gasteiger charge is -1.92. The molecule has 0 spiro atoms. The van der Waals surface area contributed by atoms with Crippen molar-refractivity contribution in [1.29, 1.82) is 0 Å². The Balaban J connectivity index is 2.36. The summed E-state index contributed by atoms with van der Waals surface area (Å²) in [6, 6.07) is 0. The van der Waals surface area contributed by atoms with E-state index in [1.807, 2.05) is 6.92 Å². The van der Waals surface area contributed by atoms with Gasteiger partial charge in [-0.05, 0) is 19.8 Å². The van der Waals surface area contributed by atoms with Gasteiger partial charge in [0.15, 0.2) is 0 Å². The minimum Gasteiger partial charge on any atom is -0.361 e. The lowest BCUT2D eigenvalue weighted by Crippen LogP contribution is -1.84. The van der Waals surface area contributed by atoms with E-state index in [4.69, 9.17) is 16.1 Å². The number of hydrogen-bond acceptors (Lipinski definition) is 2. The predicted octanol–water partition coefficient (Wildman–Crippen LogP) is 2.60. The summed E-state index contributed by atoms with van der Waals surface area (Å²) < 4.78 is 5.18. The fourth-order valence-corrected chi connectivity index (χ4v) is 1.56. The van der Waals surface area contributed by atoms with Crippen molar-refractivity contribution in [3.63, 3.8) is 0 Å². The zero-order valence-corrected chi connectivity index (χ0v) is 7.19. The molecule has 11 heavy (non-hydrogen) atoms. The first kappa shape index (κ1) is 7.17. The van der Waals surface area contributed by atoms with Crippen LogP contribution < -0.4 is 0 Å². The molecular weight excluding hydrogens is 162 g/mol. The number of aryl methyl sites for hydroxylation is 1. The van der Waals surface area contributed by atoms with Crippen LogP contribution in [0.25, 0.3) is 0 Å². The highest BCUT2D eigenvalue weighted by atomic mass is 35.5. The summed E-state index contributed by atoms with van der Waals surface area (Å²) in [5.41, 5.74) is 2.05. The van der Waals surface area contributed by atoms with Crippen molar-refractivity contribution in [2.24, 2.45) is 0 Å². The van der Waals surface area contributed by atoms with Gasteiger partial charge in [0.25, 0.3) is 0 Å². The monoisotopic (exact) mass is 171 g/mol. The maximum atomic E-state index is 5.75. The fraction of sp³-hybridized carbons (Fsp3) is 0.625. The van der Waals surface area contributed by atoms with E-state index < -0.39 is 0 Å². The van der Waals surface area contributed by atoms with Crippen LogP contribution in [0.5, 0.6) is 0 Å². The second-order valence-electron chi connectivity index (χ2n) is 3.02. The molecule has 1 aromatic rings. The van der Waals surface area contributed by atoms with Crippen molar-refractivity contribution >= 4 is 11.6 Å². The molecule has 0 unspecified atom stereocenters. The van der Waals surface area contributed by atoms with Gasteiger partial charge in [0.05, 0.1) is 11.6 Å². The Kier molecular flexibility index (Phi) is 1.64. The molecular formula is C8H10ClNO. The van der Waals surface area contributed by atoms with Gasteiger partial charge in [-0.15, -0.1) is 11.6 Å². The minimum atomic E-state index is 0.529. The number of nitrogens with zero attached hydrogens (tertiary/aromatic N) is 1. The van der Waals surface area contributed by atoms with Crippen molar-refractivity contribution in [2.75, 3.05) is 0 Å². The number of hydrogen-bond donors (Lipinski definition) is 0. The molecule has 0 aliphatic heterocycles. The van der Waals surface area contributed by atoms with Crippen molar-refractivity contribution < 1.29 is 4.52 Å². The normalized spacial score (nSPS) is 17.3. The minimum absolute atomic E-state index is 0.529. The first-order valence-electron chi connectivity index (χ1n) is 3.84. The molecule has 1 aromatic heterocycles. The first-order valence-corrected chi connectivity index (χ1v) is 4.37. The first-order chi connectivity index (χ1) is 5.33. The summed E-state index contributed by atoms with van der Waals surface area (Å²) in [4.78, 5) is 0. The summed E-state index contributed by atoms with van der Waals surface area (Å²) in [6.45, 7) is 1.94. The average molecular weight is 172 g/mol. The summed E-state index contributed by atoms with van der Waals surface area (Å²) in [7, 11) is 0. The fourth-order valence-electron chi connectivity index (χ4n) is 1.24. The highest BCUT2D eigenvalue weighted by Gasteiger charge is 2.30. The van der Waals surface area contributed by atoms with Gasteiger partial charge in [-0.1, -0.05) is 5.16 Å². The van der Waals surface area contributed by atoms with Crippen molar-refractivity contribution in [2.45, 2.75) is 31.6 Å². The molecule has 1 aliphatic rings. The molecule has 1 aliphatic carbocycles. The van der Waals surface area contributed by atoms with Crippen LogP contribution in [-0.2, 0) is 5.88 Å². The van der Waals surface area contributed by atoms with Crippen LogP contribution in [-0.4, -0.2) is 5.16 Å². The van der Waals surface area contributed by atoms with Crippen LogP contribution in [0.3, 0.4) is 0 Å². The van der Waals surface area contributed by atoms with E-state index >= 15 is 0 Å². The van der Waals surface area contributed by atoms with Gasteiger partial charge in [0, 0.05) is 11.5 Å². The maximum Gasteiger partial charge on any atom is 0.144 e. The van der Waals surface area contributed by atoms with Crippen molar-refractivity contribution in [3.05, 3.63) is 17.0 Å². The topological polar surface area (TPSA) is 26.0 Å². The van der Waals surface area contributed by atoms with Gasteiger partial charge in [-0.25, -0.2) is 0 Å². The number of aromatic nitrogens is 1. The molecule has 0 N–H and O–H groups in total. The van der Waals surface area contributed by atoms with Crippen LogP contribution in [0.1, 0.15) is 35.8 Å². The highest BCUT2D eigenvalue weighted by Crippen LogP contribution is 2.42. The Morgan fingerprint density at radius 2 is 2.36 bits per heavy atom. The average Bonchev–Trinajstić information content (AvgIpc) is 2.76. The Labute approximate surface area is 70.5 Å². The van der Waals surface area contributed by atoms with Crippen LogP contribution >= 0.6 is 11.6 Å². The third kappa shape index (κ3) is 1.16. The second kappa shape index (κ2) is 2.52. The van der Waals surface area contributed by atoms with Gasteiger partial charge >= 0.3 is 0 Å². The summed E-state index contributed by atoms with van der Waals surface area (Å²) in [6.07, 6.45) is 2.47. The summed E-state index contributed by atoms with van der Waals surface area (Å²) in [5.74, 6) is 2.17. The third-order valence-electron chi connectivity index (χ3n) is 2.10. The molecule has 1 heterocycles. The molecule has 0 bridgehead atoms. The molecule has 60 valence electrons. The van der Waals surface area contributed by atoms with Crippen LogP contribution in [0.15, 0.2) is 4.52 Å². The molecule has 0 aromatic carbocycles. The Morgan fingerprint density at radius 3 is 2.91 bits per heavy atom. The van der Waals surface area contributed by atoms with Gasteiger partial charge in [-0.3, -0.25) is 0 Å². The molecule has 0 amide bonds. The smallest absolute Gasteiger partial charge is 0.144 e. The van der Waals surface area contributed by atoms with E-state index in [0.29, 0.717) is 11.8 Å². The van der Waals surface area contributed by atoms with Crippen molar-refractivity contribution in [1.82, 2.24) is 5.16 Å². The third-order valence-corrected chi connectivity index (χ3v) is 2.36. The molecule has 3 heteroatoms. The van der Waals surface area contributed by atoms with Crippen LogP contribution in [0, 0.1) is 6.92 Å². The number of rotatable bonds is 2.